The summed E-state index contributed by atoms with van der Waals surface area (Å²) in [6, 6.07) is 13.6. The van der Waals surface area contributed by atoms with Gasteiger partial charge in [-0.3, -0.25) is 14.3 Å². The van der Waals surface area contributed by atoms with Gasteiger partial charge in [-0.05, 0) is 54.8 Å². The fourth-order valence-corrected chi connectivity index (χ4v) is 4.54. The zero-order valence-corrected chi connectivity index (χ0v) is 18.6. The number of aliphatic hydroxyl groups is 1. The third-order valence-electron chi connectivity index (χ3n) is 6.17. The van der Waals surface area contributed by atoms with E-state index in [1.54, 1.807) is 12.1 Å². The molecule has 0 atom stereocenters. The van der Waals surface area contributed by atoms with Crippen LogP contribution in [-0.2, 0) is 13.1 Å². The predicted molar refractivity (Wildman–Crippen MR) is 124 cm³/mol. The highest BCUT2D eigenvalue weighted by Gasteiger charge is 2.33. The summed E-state index contributed by atoms with van der Waals surface area (Å²) in [6.45, 7) is 2.38. The lowest BCUT2D eigenvalue weighted by molar-refractivity contribution is -0.0364. The van der Waals surface area contributed by atoms with Crippen LogP contribution < -0.4 is 5.56 Å². The summed E-state index contributed by atoms with van der Waals surface area (Å²) in [5.74, 6) is -0.350. The molecule has 0 amide bonds. The number of aromatic nitrogens is 4. The molecule has 2 aromatic heterocycles. The molecule has 3 heterocycles. The molecule has 0 spiro atoms. The monoisotopic (exact) mass is 467 g/mol. The van der Waals surface area contributed by atoms with E-state index in [-0.39, 0.29) is 17.9 Å². The predicted octanol–water partition coefficient (Wildman–Crippen LogP) is 3.40. The lowest BCUT2D eigenvalue weighted by Gasteiger charge is -2.38. The van der Waals surface area contributed by atoms with Crippen LogP contribution in [0.5, 0.6) is 0 Å². The van der Waals surface area contributed by atoms with Gasteiger partial charge in [0.15, 0.2) is 5.65 Å². The van der Waals surface area contributed by atoms with Crippen molar-refractivity contribution in [3.8, 4) is 5.69 Å². The van der Waals surface area contributed by atoms with E-state index >= 15 is 0 Å². The molecule has 7 nitrogen and oxygen atoms in total. The van der Waals surface area contributed by atoms with Gasteiger partial charge in [-0.15, -0.1) is 0 Å². The topological polar surface area (TPSA) is 76.2 Å². The molecule has 0 bridgehead atoms. The molecule has 0 saturated carbocycles. The summed E-state index contributed by atoms with van der Waals surface area (Å²) >= 11 is 6.08. The highest BCUT2D eigenvalue weighted by molar-refractivity contribution is 6.30. The van der Waals surface area contributed by atoms with Crippen LogP contribution in [-0.4, -0.2) is 48.0 Å². The van der Waals surface area contributed by atoms with Gasteiger partial charge in [0.25, 0.3) is 5.56 Å². The van der Waals surface area contributed by atoms with Crippen molar-refractivity contribution in [2.75, 3.05) is 13.1 Å². The molecule has 1 fully saturated rings. The minimum atomic E-state index is -0.989. The van der Waals surface area contributed by atoms with Crippen molar-refractivity contribution in [1.82, 2.24) is 24.2 Å². The quantitative estimate of drug-likeness (QED) is 0.487. The third kappa shape index (κ3) is 4.55. The second-order valence-corrected chi connectivity index (χ2v) is 9.01. The van der Waals surface area contributed by atoms with Crippen LogP contribution >= 0.6 is 11.6 Å². The summed E-state index contributed by atoms with van der Waals surface area (Å²) < 4.78 is 16.2. The Hall–Kier alpha value is -3.07. The molecule has 1 N–H and O–H groups in total. The van der Waals surface area contributed by atoms with E-state index in [4.69, 9.17) is 11.6 Å². The van der Waals surface area contributed by atoms with Gasteiger partial charge in [0, 0.05) is 24.7 Å². The van der Waals surface area contributed by atoms with Crippen LogP contribution in [0.2, 0.25) is 5.02 Å². The summed E-state index contributed by atoms with van der Waals surface area (Å²) in [7, 11) is 0. The van der Waals surface area contributed by atoms with Crippen molar-refractivity contribution in [3.63, 3.8) is 0 Å². The molecule has 170 valence electrons. The van der Waals surface area contributed by atoms with Crippen molar-refractivity contribution in [3.05, 3.63) is 87.8 Å². The fraction of sp³-hybridized carbons (Fsp3) is 0.292. The van der Waals surface area contributed by atoms with E-state index in [9.17, 15) is 14.3 Å². The average molecular weight is 468 g/mol. The Labute approximate surface area is 194 Å². The van der Waals surface area contributed by atoms with Crippen LogP contribution in [0.25, 0.3) is 16.7 Å². The summed E-state index contributed by atoms with van der Waals surface area (Å²) in [6.07, 6.45) is 4.00. The number of hydrogen-bond acceptors (Lipinski definition) is 5. The number of halogens is 2. The van der Waals surface area contributed by atoms with Crippen LogP contribution in [0, 0.1) is 5.82 Å². The van der Waals surface area contributed by atoms with Crippen LogP contribution in [0.4, 0.5) is 4.39 Å². The van der Waals surface area contributed by atoms with Crippen LogP contribution in [0.3, 0.4) is 0 Å². The van der Waals surface area contributed by atoms with Gasteiger partial charge in [-0.2, -0.15) is 5.10 Å². The summed E-state index contributed by atoms with van der Waals surface area (Å²) in [5.41, 5.74) is 0.893. The Bertz CT molecular complexity index is 1340. The number of rotatable bonds is 5. The normalized spacial score (nSPS) is 16.3. The second kappa shape index (κ2) is 8.70. The zero-order chi connectivity index (χ0) is 23.0. The molecule has 5 rings (SSSR count). The molecule has 1 aliphatic rings. The second-order valence-electron chi connectivity index (χ2n) is 8.58. The Morgan fingerprint density at radius 3 is 2.61 bits per heavy atom. The molecule has 4 aromatic rings. The summed E-state index contributed by atoms with van der Waals surface area (Å²) in [4.78, 5) is 19.7. The van der Waals surface area contributed by atoms with Crippen molar-refractivity contribution in [1.29, 1.82) is 0 Å². The van der Waals surface area contributed by atoms with Gasteiger partial charge in [0.2, 0.25) is 0 Å². The van der Waals surface area contributed by atoms with E-state index in [2.05, 4.69) is 15.0 Å². The first-order valence-corrected chi connectivity index (χ1v) is 11.2. The average Bonchev–Trinajstić information content (AvgIpc) is 3.23. The molecule has 33 heavy (non-hydrogen) atoms. The molecule has 2 aromatic carbocycles. The number of fused-ring (bicyclic) bond motifs is 1. The number of piperidine rings is 1. The molecule has 0 aliphatic carbocycles. The van der Waals surface area contributed by atoms with Crippen molar-refractivity contribution < 1.29 is 9.50 Å². The first-order chi connectivity index (χ1) is 15.9. The lowest BCUT2D eigenvalue weighted by atomic mass is 9.91. The minimum Gasteiger partial charge on any atom is -0.388 e. The summed E-state index contributed by atoms with van der Waals surface area (Å²) in [5, 5.41) is 16.5. The van der Waals surface area contributed by atoms with Gasteiger partial charge in [0.1, 0.15) is 17.5 Å². The Balaban J connectivity index is 1.30. The standard InChI is InChI=1S/C24H23ClFN5O2/c25-18-3-1-2-17(12-18)14-29-10-8-24(33,9-11-29)15-30-16-27-22-21(23(30)32)13-28-31(22)20-6-4-19(26)5-7-20/h1-7,12-13,16,33H,8-11,14-15H2. The van der Waals surface area contributed by atoms with Crippen LogP contribution in [0.15, 0.2) is 65.8 Å². The van der Waals surface area contributed by atoms with E-state index in [0.29, 0.717) is 34.6 Å². The molecular formula is C24H23ClFN5O2. The first kappa shape index (κ1) is 21.8. The van der Waals surface area contributed by atoms with Gasteiger partial charge < -0.3 is 5.11 Å². The van der Waals surface area contributed by atoms with Gasteiger partial charge in [0.05, 0.1) is 24.0 Å². The maximum atomic E-state index is 13.2. The maximum absolute atomic E-state index is 13.2. The van der Waals surface area contributed by atoms with Crippen LogP contribution in [0.1, 0.15) is 18.4 Å². The maximum Gasteiger partial charge on any atom is 0.264 e. The van der Waals surface area contributed by atoms with Gasteiger partial charge >= 0.3 is 0 Å². The Morgan fingerprint density at radius 2 is 1.88 bits per heavy atom. The molecular weight excluding hydrogens is 445 g/mol. The number of hydrogen-bond donors (Lipinski definition) is 1. The van der Waals surface area contributed by atoms with E-state index < -0.39 is 5.60 Å². The lowest BCUT2D eigenvalue weighted by Crippen LogP contribution is -2.47. The van der Waals surface area contributed by atoms with Gasteiger partial charge in [-0.1, -0.05) is 23.7 Å². The first-order valence-electron chi connectivity index (χ1n) is 10.8. The largest absolute Gasteiger partial charge is 0.388 e. The third-order valence-corrected chi connectivity index (χ3v) is 6.41. The fourth-order valence-electron chi connectivity index (χ4n) is 4.33. The molecule has 9 heteroatoms. The van der Waals surface area contributed by atoms with Crippen molar-refractivity contribution in [2.45, 2.75) is 31.5 Å². The number of likely N-dealkylation sites (tertiary alicyclic amines) is 1. The highest BCUT2D eigenvalue weighted by Crippen LogP contribution is 2.25. The smallest absolute Gasteiger partial charge is 0.264 e. The van der Waals surface area contributed by atoms with E-state index in [1.807, 2.05) is 24.3 Å². The molecule has 1 aliphatic heterocycles. The number of benzene rings is 2. The van der Waals surface area contributed by atoms with E-state index in [1.165, 1.54) is 33.9 Å². The zero-order valence-electron chi connectivity index (χ0n) is 17.9. The van der Waals surface area contributed by atoms with Gasteiger partial charge in [-0.25, -0.2) is 14.1 Å². The molecule has 1 saturated heterocycles. The number of nitrogens with zero attached hydrogens (tertiary/aromatic N) is 5. The van der Waals surface area contributed by atoms with Crippen molar-refractivity contribution >= 4 is 22.6 Å². The van der Waals surface area contributed by atoms with E-state index in [0.717, 1.165) is 25.2 Å². The highest BCUT2D eigenvalue weighted by atomic mass is 35.5. The molecule has 0 radical (unpaired) electrons. The van der Waals surface area contributed by atoms with Crippen molar-refractivity contribution in [2.24, 2.45) is 0 Å². The Morgan fingerprint density at radius 1 is 1.12 bits per heavy atom. The Kier molecular flexibility index (Phi) is 5.74. The SMILES string of the molecule is O=c1c2cnn(-c3ccc(F)cc3)c2ncn1CC1(O)CCN(Cc2cccc(Cl)c2)CC1. The minimum absolute atomic E-state index is 0.168. The molecule has 0 unspecified atom stereocenters.